The molecule has 226 valence electrons. The predicted octanol–water partition coefficient (Wildman–Crippen LogP) is 6.50. The Morgan fingerprint density at radius 1 is 0.955 bits per heavy atom. The van der Waals surface area contributed by atoms with Gasteiger partial charge < -0.3 is 15.4 Å². The van der Waals surface area contributed by atoms with Crippen LogP contribution in [0.25, 0.3) is 16.8 Å². The van der Waals surface area contributed by atoms with Crippen LogP contribution in [0.3, 0.4) is 0 Å². The van der Waals surface area contributed by atoms with Crippen LogP contribution in [0.4, 0.5) is 29.2 Å². The molecular weight excluding hydrogens is 578 g/mol. The van der Waals surface area contributed by atoms with Gasteiger partial charge in [-0.2, -0.15) is 18.2 Å². The molecule has 12 heteroatoms. The predicted molar refractivity (Wildman–Crippen MR) is 157 cm³/mol. The Balaban J connectivity index is 1.26. The van der Waals surface area contributed by atoms with E-state index < -0.39 is 18.6 Å². The fraction of sp³-hybridized carbons (Fsp3) is 0.188. The molecule has 5 rings (SSSR count). The quantitative estimate of drug-likeness (QED) is 0.177. The molecular formula is C32H27F4N5O3. The maximum Gasteiger partial charge on any atom is 0.405 e. The largest absolute Gasteiger partial charge is 0.495 e. The van der Waals surface area contributed by atoms with E-state index in [2.05, 4.69) is 15.4 Å². The third-order valence-electron chi connectivity index (χ3n) is 7.01. The number of nitrogens with zero attached hydrogens (tertiary/aromatic N) is 3. The van der Waals surface area contributed by atoms with Gasteiger partial charge in [0.25, 0.3) is 5.91 Å². The SMILES string of the molecule is COc1cc(C(=O)NCC(F)(F)F)ccc1Nc1nc2ccc(-c3ccc(CC(=O)[C@H](C)c4ccc(F)cc4)cc3)cn2n1. The summed E-state index contributed by atoms with van der Waals surface area (Å²) in [5.41, 5.74) is 4.36. The molecule has 0 fully saturated rings. The minimum atomic E-state index is -4.52. The molecule has 44 heavy (non-hydrogen) atoms. The smallest absolute Gasteiger partial charge is 0.405 e. The maximum absolute atomic E-state index is 13.2. The molecule has 0 radical (unpaired) electrons. The maximum atomic E-state index is 13.2. The molecule has 0 bridgehead atoms. The van der Waals surface area contributed by atoms with Crippen LogP contribution in [-0.2, 0) is 11.2 Å². The molecule has 0 aliphatic heterocycles. The Kier molecular flexibility index (Phi) is 8.61. The number of carbonyl (C=O) groups is 2. The lowest BCUT2D eigenvalue weighted by Crippen LogP contribution is -2.33. The van der Waals surface area contributed by atoms with Crippen molar-refractivity contribution in [3.8, 4) is 16.9 Å². The van der Waals surface area contributed by atoms with Crippen LogP contribution < -0.4 is 15.4 Å². The molecule has 1 atom stereocenters. The second kappa shape index (κ2) is 12.5. The average molecular weight is 606 g/mol. The monoisotopic (exact) mass is 605 g/mol. The van der Waals surface area contributed by atoms with Crippen molar-refractivity contribution in [1.29, 1.82) is 0 Å². The van der Waals surface area contributed by atoms with Crippen LogP contribution in [0, 0.1) is 5.82 Å². The summed E-state index contributed by atoms with van der Waals surface area (Å²) in [7, 11) is 1.37. The van der Waals surface area contributed by atoms with E-state index in [0.29, 0.717) is 11.3 Å². The number of ether oxygens (including phenoxy) is 1. The summed E-state index contributed by atoms with van der Waals surface area (Å²) in [4.78, 5) is 29.4. The van der Waals surface area contributed by atoms with Crippen molar-refractivity contribution >= 4 is 29.0 Å². The van der Waals surface area contributed by atoms with Crippen LogP contribution in [0.2, 0.25) is 0 Å². The molecule has 0 spiro atoms. The van der Waals surface area contributed by atoms with Crippen LogP contribution in [0.15, 0.2) is 85.1 Å². The number of amides is 1. The lowest BCUT2D eigenvalue weighted by molar-refractivity contribution is -0.123. The minimum Gasteiger partial charge on any atom is -0.495 e. The Bertz CT molecular complexity index is 1800. The summed E-state index contributed by atoms with van der Waals surface area (Å²) in [5.74, 6) is -1.10. The molecule has 1 amide bonds. The van der Waals surface area contributed by atoms with Crippen molar-refractivity contribution in [3.63, 3.8) is 0 Å². The van der Waals surface area contributed by atoms with Crippen molar-refractivity contribution < 1.29 is 31.9 Å². The molecule has 0 saturated carbocycles. The van der Waals surface area contributed by atoms with E-state index in [1.807, 2.05) is 42.6 Å². The molecule has 2 N–H and O–H groups in total. The van der Waals surface area contributed by atoms with Crippen LogP contribution in [-0.4, -0.2) is 46.1 Å². The number of carbonyl (C=O) groups excluding carboxylic acids is 2. The van der Waals surface area contributed by atoms with E-state index in [0.717, 1.165) is 22.3 Å². The second-order valence-electron chi connectivity index (χ2n) is 10.1. The second-order valence-corrected chi connectivity index (χ2v) is 10.1. The van der Waals surface area contributed by atoms with Gasteiger partial charge in [0.05, 0.1) is 12.8 Å². The van der Waals surface area contributed by atoms with Crippen LogP contribution in [0.1, 0.15) is 34.3 Å². The molecule has 3 aromatic carbocycles. The Labute approximate surface area is 249 Å². The molecule has 0 unspecified atom stereocenters. The van der Waals surface area contributed by atoms with Gasteiger partial charge in [-0.3, -0.25) is 9.59 Å². The van der Waals surface area contributed by atoms with Gasteiger partial charge in [-0.15, -0.1) is 5.10 Å². The Morgan fingerprint density at radius 2 is 1.66 bits per heavy atom. The van der Waals surface area contributed by atoms with E-state index >= 15 is 0 Å². The number of ketones is 1. The van der Waals surface area contributed by atoms with Gasteiger partial charge in [0.1, 0.15) is 23.9 Å². The van der Waals surface area contributed by atoms with Gasteiger partial charge in [-0.05, 0) is 59.2 Å². The summed E-state index contributed by atoms with van der Waals surface area (Å²) in [5, 5.41) is 9.30. The summed E-state index contributed by atoms with van der Waals surface area (Å²) >= 11 is 0. The number of hydrogen-bond acceptors (Lipinski definition) is 6. The van der Waals surface area contributed by atoms with Crippen molar-refractivity contribution in [1.82, 2.24) is 19.9 Å². The molecule has 2 aromatic heterocycles. The highest BCUT2D eigenvalue weighted by molar-refractivity contribution is 5.95. The fourth-order valence-electron chi connectivity index (χ4n) is 4.55. The highest BCUT2D eigenvalue weighted by Gasteiger charge is 2.28. The van der Waals surface area contributed by atoms with E-state index in [9.17, 15) is 27.2 Å². The first-order valence-electron chi connectivity index (χ1n) is 13.5. The number of benzene rings is 3. The number of Topliss-reactive ketones (excluding diaryl/α,β-unsaturated/α-hetero) is 1. The highest BCUT2D eigenvalue weighted by atomic mass is 19.4. The van der Waals surface area contributed by atoms with Gasteiger partial charge >= 0.3 is 6.18 Å². The Hall–Kier alpha value is -5.26. The number of alkyl halides is 3. The highest BCUT2D eigenvalue weighted by Crippen LogP contribution is 2.29. The molecule has 0 aliphatic carbocycles. The van der Waals surface area contributed by atoms with Crippen molar-refractivity contribution in [2.75, 3.05) is 19.0 Å². The molecule has 0 aliphatic rings. The van der Waals surface area contributed by atoms with Gasteiger partial charge in [-0.1, -0.05) is 43.3 Å². The number of aromatic nitrogens is 3. The number of methoxy groups -OCH3 is 1. The molecule has 8 nitrogen and oxygen atoms in total. The van der Waals surface area contributed by atoms with Crippen LogP contribution in [0.5, 0.6) is 5.75 Å². The van der Waals surface area contributed by atoms with Crippen molar-refractivity contribution in [3.05, 3.63) is 108 Å². The number of rotatable bonds is 10. The zero-order valence-electron chi connectivity index (χ0n) is 23.7. The van der Waals surface area contributed by atoms with E-state index in [4.69, 9.17) is 4.74 Å². The minimum absolute atomic E-state index is 0.00188. The van der Waals surface area contributed by atoms with Crippen molar-refractivity contribution in [2.45, 2.75) is 25.4 Å². The summed E-state index contributed by atoms with van der Waals surface area (Å²) in [6.45, 7) is 0.371. The van der Waals surface area contributed by atoms with E-state index in [1.54, 1.807) is 28.9 Å². The zero-order valence-corrected chi connectivity index (χ0v) is 23.7. The third kappa shape index (κ3) is 7.20. The summed E-state index contributed by atoms with van der Waals surface area (Å²) in [6, 6.07) is 21.4. The summed E-state index contributed by atoms with van der Waals surface area (Å²) in [6.07, 6.45) is -2.47. The Morgan fingerprint density at radius 3 is 2.34 bits per heavy atom. The topological polar surface area (TPSA) is 97.6 Å². The van der Waals surface area contributed by atoms with Gasteiger partial charge in [-0.25, -0.2) is 8.91 Å². The first-order chi connectivity index (χ1) is 21.0. The number of pyridine rings is 1. The lowest BCUT2D eigenvalue weighted by atomic mass is 9.92. The first kappa shape index (κ1) is 30.2. The zero-order chi connectivity index (χ0) is 31.4. The molecule has 5 aromatic rings. The fourth-order valence-corrected chi connectivity index (χ4v) is 4.55. The number of nitrogens with one attached hydrogen (secondary N) is 2. The first-order valence-corrected chi connectivity index (χ1v) is 13.5. The van der Waals surface area contributed by atoms with E-state index in [1.165, 1.54) is 37.4 Å². The third-order valence-corrected chi connectivity index (χ3v) is 7.01. The van der Waals surface area contributed by atoms with Gasteiger partial charge in [0.2, 0.25) is 5.95 Å². The number of fused-ring (bicyclic) bond motifs is 1. The van der Waals surface area contributed by atoms with Crippen LogP contribution >= 0.6 is 0 Å². The average Bonchev–Trinajstić information content (AvgIpc) is 3.41. The van der Waals surface area contributed by atoms with Gasteiger partial charge in [0.15, 0.2) is 5.65 Å². The van der Waals surface area contributed by atoms with Crippen molar-refractivity contribution in [2.24, 2.45) is 0 Å². The van der Waals surface area contributed by atoms with E-state index in [-0.39, 0.29) is 41.2 Å². The number of anilines is 2. The molecule has 2 heterocycles. The standard InChI is InChI=1S/C32H27F4N5O3/c1-19(21-7-11-25(33)12-8-21)27(42)15-20-3-5-22(6-4-20)24-10-14-29-39-31(40-41(29)17-24)38-26-13-9-23(16-28(26)44-2)30(43)37-18-32(34,35)36/h3-14,16-17,19H,15,18H2,1-2H3,(H,37,43)(H,38,40)/t19-/m1/s1. The lowest BCUT2D eigenvalue weighted by Gasteiger charge is -2.12. The molecule has 0 saturated heterocycles. The summed E-state index contributed by atoms with van der Waals surface area (Å²) < 4.78 is 57.5. The number of hydrogen-bond donors (Lipinski definition) is 2. The normalized spacial score (nSPS) is 12.1. The number of halogens is 4. The van der Waals surface area contributed by atoms with Gasteiger partial charge in [0, 0.05) is 29.7 Å².